The number of nitrogens with zero attached hydrogens (tertiary/aromatic N) is 1. The van der Waals surface area contributed by atoms with E-state index in [1.165, 1.54) is 0 Å². The number of hydrogen-bond donors (Lipinski definition) is 3. The molecule has 5 heteroatoms. The Morgan fingerprint density at radius 1 is 1.33 bits per heavy atom. The number of aliphatic hydroxyl groups excluding tert-OH is 2. The van der Waals surface area contributed by atoms with Gasteiger partial charge in [-0.05, 0) is 32.0 Å². The molecule has 2 rings (SSSR count). The first-order chi connectivity index (χ1) is 10.1. The molecule has 1 aromatic rings. The maximum Gasteiger partial charge on any atom is 0.125 e. The van der Waals surface area contributed by atoms with E-state index in [2.05, 4.69) is 19.2 Å². The quantitative estimate of drug-likeness (QED) is 0.738. The second-order valence-corrected chi connectivity index (χ2v) is 5.61. The second-order valence-electron chi connectivity index (χ2n) is 5.61. The summed E-state index contributed by atoms with van der Waals surface area (Å²) in [6.07, 6.45) is -0.318. The van der Waals surface area contributed by atoms with E-state index >= 15 is 0 Å². The van der Waals surface area contributed by atoms with Crippen LogP contribution >= 0.6 is 0 Å². The molecule has 3 atom stereocenters. The molecule has 1 saturated heterocycles. The van der Waals surface area contributed by atoms with E-state index in [0.717, 1.165) is 30.0 Å². The fourth-order valence-corrected chi connectivity index (χ4v) is 2.85. The Morgan fingerprint density at radius 3 is 2.57 bits per heavy atom. The van der Waals surface area contributed by atoms with Crippen LogP contribution in [0.1, 0.15) is 31.9 Å². The minimum absolute atomic E-state index is 0.144. The Bertz CT molecular complexity index is 457. The van der Waals surface area contributed by atoms with E-state index in [1.54, 1.807) is 7.11 Å². The molecular weight excluding hydrogens is 268 g/mol. The molecule has 1 aliphatic heterocycles. The molecule has 0 saturated carbocycles. The molecule has 3 N–H and O–H groups in total. The normalized spacial score (nSPS) is 23.4. The summed E-state index contributed by atoms with van der Waals surface area (Å²) in [6, 6.07) is 6.06. The summed E-state index contributed by atoms with van der Waals surface area (Å²) in [4.78, 5) is 2.03. The highest BCUT2D eigenvalue weighted by molar-refractivity contribution is 5.61. The molecule has 1 aliphatic rings. The molecule has 5 nitrogen and oxygen atoms in total. The summed E-state index contributed by atoms with van der Waals surface area (Å²) >= 11 is 0. The molecule has 0 radical (unpaired) electrons. The van der Waals surface area contributed by atoms with Crippen LogP contribution < -0.4 is 15.0 Å². The Morgan fingerprint density at radius 2 is 2.00 bits per heavy atom. The lowest BCUT2D eigenvalue weighted by Gasteiger charge is -2.26. The number of rotatable bonds is 6. The summed E-state index contributed by atoms with van der Waals surface area (Å²) in [5.41, 5.74) is 2.09. The van der Waals surface area contributed by atoms with Crippen molar-refractivity contribution in [3.8, 4) is 5.75 Å². The molecule has 1 heterocycles. The van der Waals surface area contributed by atoms with Crippen molar-refractivity contribution in [2.24, 2.45) is 0 Å². The SMILES string of the molecule is CCCNC(C)c1c(OC)cccc1N1CC(O)C(O)C1. The minimum Gasteiger partial charge on any atom is -0.496 e. The number of hydrogen-bond acceptors (Lipinski definition) is 5. The standard InChI is InChI=1S/C16H26N2O3/c1-4-8-17-11(2)16-12(6-5-7-15(16)21-3)18-9-13(19)14(20)10-18/h5-7,11,13-14,17,19-20H,4,8-10H2,1-3H3. The predicted molar refractivity (Wildman–Crippen MR) is 83.9 cm³/mol. The highest BCUT2D eigenvalue weighted by atomic mass is 16.5. The smallest absolute Gasteiger partial charge is 0.125 e. The molecule has 0 bridgehead atoms. The predicted octanol–water partition coefficient (Wildman–Crippen LogP) is 1.30. The fourth-order valence-electron chi connectivity index (χ4n) is 2.85. The highest BCUT2D eigenvalue weighted by Crippen LogP contribution is 2.36. The highest BCUT2D eigenvalue weighted by Gasteiger charge is 2.32. The maximum atomic E-state index is 9.79. The van der Waals surface area contributed by atoms with Crippen molar-refractivity contribution < 1.29 is 14.9 Å². The van der Waals surface area contributed by atoms with Gasteiger partial charge < -0.3 is 25.2 Å². The summed E-state index contributed by atoms with van der Waals surface area (Å²) in [5, 5.41) is 23.1. The number of nitrogens with one attached hydrogen (secondary N) is 1. The molecule has 0 aliphatic carbocycles. The lowest BCUT2D eigenvalue weighted by atomic mass is 10.0. The lowest BCUT2D eigenvalue weighted by molar-refractivity contribution is 0.0572. The van der Waals surface area contributed by atoms with E-state index in [9.17, 15) is 10.2 Å². The van der Waals surface area contributed by atoms with Crippen molar-refractivity contribution >= 4 is 5.69 Å². The Hall–Kier alpha value is -1.30. The van der Waals surface area contributed by atoms with Gasteiger partial charge in [0.2, 0.25) is 0 Å². The van der Waals surface area contributed by atoms with Crippen LogP contribution in [-0.4, -0.2) is 49.2 Å². The molecule has 0 aromatic heterocycles. The van der Waals surface area contributed by atoms with Gasteiger partial charge in [0, 0.05) is 30.4 Å². The molecule has 118 valence electrons. The first-order valence-corrected chi connectivity index (χ1v) is 7.59. The van der Waals surface area contributed by atoms with Gasteiger partial charge in [-0.2, -0.15) is 0 Å². The largest absolute Gasteiger partial charge is 0.496 e. The van der Waals surface area contributed by atoms with Crippen LogP contribution in [0, 0.1) is 0 Å². The molecule has 0 amide bonds. The van der Waals surface area contributed by atoms with Crippen molar-refractivity contribution in [3.63, 3.8) is 0 Å². The summed E-state index contributed by atoms with van der Waals surface area (Å²) in [6.45, 7) is 6.07. The van der Waals surface area contributed by atoms with Gasteiger partial charge in [0.1, 0.15) is 5.75 Å². The van der Waals surface area contributed by atoms with E-state index in [-0.39, 0.29) is 6.04 Å². The van der Waals surface area contributed by atoms with Crippen LogP contribution in [0.5, 0.6) is 5.75 Å². The molecular formula is C16H26N2O3. The van der Waals surface area contributed by atoms with Crippen molar-refractivity contribution in [1.82, 2.24) is 5.32 Å². The van der Waals surface area contributed by atoms with Gasteiger partial charge in [-0.3, -0.25) is 0 Å². The Labute approximate surface area is 126 Å². The molecule has 1 aromatic carbocycles. The average Bonchev–Trinajstić information content (AvgIpc) is 2.83. The van der Waals surface area contributed by atoms with Gasteiger partial charge in [-0.25, -0.2) is 0 Å². The summed E-state index contributed by atoms with van der Waals surface area (Å²) in [7, 11) is 1.67. The molecule has 21 heavy (non-hydrogen) atoms. The average molecular weight is 294 g/mol. The van der Waals surface area contributed by atoms with Crippen molar-refractivity contribution in [3.05, 3.63) is 23.8 Å². The third-order valence-electron chi connectivity index (χ3n) is 4.00. The first kappa shape index (κ1) is 16.1. The van der Waals surface area contributed by atoms with Crippen LogP contribution in [0.4, 0.5) is 5.69 Å². The zero-order valence-electron chi connectivity index (χ0n) is 13.0. The summed E-state index contributed by atoms with van der Waals surface area (Å²) < 4.78 is 5.51. The molecule has 1 fully saturated rings. The van der Waals surface area contributed by atoms with E-state index in [1.807, 2.05) is 23.1 Å². The van der Waals surface area contributed by atoms with Crippen molar-refractivity contribution in [1.29, 1.82) is 0 Å². The fraction of sp³-hybridized carbons (Fsp3) is 0.625. The van der Waals surface area contributed by atoms with Gasteiger partial charge in [0.05, 0.1) is 19.3 Å². The second kappa shape index (κ2) is 7.11. The third-order valence-corrected chi connectivity index (χ3v) is 4.00. The number of ether oxygens (including phenoxy) is 1. The molecule has 3 unspecified atom stereocenters. The summed E-state index contributed by atoms with van der Waals surface area (Å²) in [5.74, 6) is 0.833. The lowest BCUT2D eigenvalue weighted by Crippen LogP contribution is -2.26. The Balaban J connectivity index is 2.32. The Kier molecular flexibility index (Phi) is 5.45. The minimum atomic E-state index is -0.692. The van der Waals surface area contributed by atoms with Gasteiger partial charge >= 0.3 is 0 Å². The van der Waals surface area contributed by atoms with Crippen LogP contribution in [0.25, 0.3) is 0 Å². The van der Waals surface area contributed by atoms with Crippen LogP contribution in [0.15, 0.2) is 18.2 Å². The van der Waals surface area contributed by atoms with Gasteiger partial charge in [0.25, 0.3) is 0 Å². The van der Waals surface area contributed by atoms with Gasteiger partial charge in [0.15, 0.2) is 0 Å². The number of benzene rings is 1. The monoisotopic (exact) mass is 294 g/mol. The number of β-amino-alcohol motifs (C(OH)–C–C–N with tert-alkyl or cyclic N) is 2. The topological polar surface area (TPSA) is 65.0 Å². The molecule has 0 spiro atoms. The van der Waals surface area contributed by atoms with Crippen LogP contribution in [0.3, 0.4) is 0 Å². The van der Waals surface area contributed by atoms with E-state index in [4.69, 9.17) is 4.74 Å². The third kappa shape index (κ3) is 3.48. The number of methoxy groups -OCH3 is 1. The van der Waals surface area contributed by atoms with E-state index < -0.39 is 12.2 Å². The van der Waals surface area contributed by atoms with Crippen molar-refractivity contribution in [2.45, 2.75) is 38.5 Å². The first-order valence-electron chi connectivity index (χ1n) is 7.59. The van der Waals surface area contributed by atoms with Crippen molar-refractivity contribution in [2.75, 3.05) is 31.6 Å². The number of anilines is 1. The van der Waals surface area contributed by atoms with Crippen LogP contribution in [0.2, 0.25) is 0 Å². The maximum absolute atomic E-state index is 9.79. The zero-order valence-corrected chi connectivity index (χ0v) is 13.0. The van der Waals surface area contributed by atoms with Crippen LogP contribution in [-0.2, 0) is 0 Å². The zero-order chi connectivity index (χ0) is 15.4. The van der Waals surface area contributed by atoms with Gasteiger partial charge in [-0.15, -0.1) is 0 Å². The van der Waals surface area contributed by atoms with Gasteiger partial charge in [-0.1, -0.05) is 13.0 Å². The van der Waals surface area contributed by atoms with E-state index in [0.29, 0.717) is 13.1 Å². The number of aliphatic hydroxyl groups is 2.